The zero-order valence-corrected chi connectivity index (χ0v) is 12.0. The predicted molar refractivity (Wildman–Crippen MR) is 75.5 cm³/mol. The molecule has 100 valence electrons. The molecule has 4 heteroatoms. The quantitative estimate of drug-likeness (QED) is 0.912. The van der Waals surface area contributed by atoms with Gasteiger partial charge in [-0.1, -0.05) is 24.3 Å². The van der Waals surface area contributed by atoms with Gasteiger partial charge in [0.15, 0.2) is 0 Å². The summed E-state index contributed by atoms with van der Waals surface area (Å²) in [6.45, 7) is 1.96. The zero-order valence-electron chi connectivity index (χ0n) is 10.4. The molecule has 0 spiro atoms. The molecular weight excluding hydrogens is 311 g/mol. The molecule has 0 aliphatic carbocycles. The monoisotopic (exact) mass is 324 g/mol. The number of hydrogen-bond donors (Lipinski definition) is 1. The largest absolute Gasteiger partial charge is 0.489 e. The Hall–Kier alpha value is -1.39. The Bertz CT molecular complexity index is 570. The maximum absolute atomic E-state index is 13.3. The third kappa shape index (κ3) is 3.55. The topological polar surface area (TPSA) is 29.5 Å². The molecule has 0 aliphatic rings. The van der Waals surface area contributed by atoms with Crippen molar-refractivity contribution in [3.63, 3.8) is 0 Å². The zero-order chi connectivity index (χ0) is 13.8. The van der Waals surface area contributed by atoms with Crippen molar-refractivity contribution in [1.29, 1.82) is 0 Å². The van der Waals surface area contributed by atoms with Gasteiger partial charge in [0.1, 0.15) is 18.2 Å². The maximum Gasteiger partial charge on any atom is 0.137 e. The van der Waals surface area contributed by atoms with Crippen molar-refractivity contribution in [2.45, 2.75) is 19.6 Å². The summed E-state index contributed by atoms with van der Waals surface area (Å²) in [5.41, 5.74) is 1.53. The maximum atomic E-state index is 13.3. The lowest BCUT2D eigenvalue weighted by atomic mass is 10.1. The number of benzene rings is 2. The van der Waals surface area contributed by atoms with Crippen molar-refractivity contribution < 1.29 is 14.2 Å². The van der Waals surface area contributed by atoms with Crippen LogP contribution in [0.5, 0.6) is 5.75 Å². The Morgan fingerprint density at radius 2 is 2.00 bits per heavy atom. The van der Waals surface area contributed by atoms with Crippen molar-refractivity contribution in [3.05, 3.63) is 63.9 Å². The predicted octanol–water partition coefficient (Wildman–Crippen LogP) is 4.22. The second-order valence-corrected chi connectivity index (χ2v) is 5.04. The van der Waals surface area contributed by atoms with E-state index < -0.39 is 6.10 Å². The number of aliphatic hydroxyl groups excluding tert-OH is 1. The van der Waals surface area contributed by atoms with Gasteiger partial charge in [0.05, 0.1) is 10.6 Å². The molecule has 0 radical (unpaired) electrons. The van der Waals surface area contributed by atoms with Gasteiger partial charge in [-0.05, 0) is 46.6 Å². The molecule has 1 atom stereocenters. The molecule has 0 saturated heterocycles. The highest BCUT2D eigenvalue weighted by molar-refractivity contribution is 9.10. The Balaban J connectivity index is 2.10. The van der Waals surface area contributed by atoms with Gasteiger partial charge in [-0.25, -0.2) is 4.39 Å². The number of hydrogen-bond acceptors (Lipinski definition) is 2. The van der Waals surface area contributed by atoms with Crippen molar-refractivity contribution in [3.8, 4) is 5.75 Å². The summed E-state index contributed by atoms with van der Waals surface area (Å²) in [7, 11) is 0. The van der Waals surface area contributed by atoms with Crippen LogP contribution in [0.1, 0.15) is 24.2 Å². The van der Waals surface area contributed by atoms with Crippen LogP contribution in [0.2, 0.25) is 0 Å². The van der Waals surface area contributed by atoms with Gasteiger partial charge in [-0.3, -0.25) is 0 Å². The fraction of sp³-hybridized carbons (Fsp3) is 0.200. The molecule has 2 rings (SSSR count). The molecular formula is C15H14BrFO2. The molecule has 19 heavy (non-hydrogen) atoms. The standard InChI is InChI=1S/C15H14BrFO2/c1-10(18)11-4-2-6-13(8-11)19-9-12-5-3-7-14(17)15(12)16/h2-8,10,18H,9H2,1H3/t10-/m1/s1. The minimum absolute atomic E-state index is 0.265. The van der Waals surface area contributed by atoms with E-state index in [4.69, 9.17) is 4.74 Å². The molecule has 2 aromatic carbocycles. The molecule has 1 N–H and O–H groups in total. The first kappa shape index (κ1) is 14.0. The summed E-state index contributed by atoms with van der Waals surface area (Å²) < 4.78 is 19.4. The van der Waals surface area contributed by atoms with E-state index in [1.54, 1.807) is 31.2 Å². The Kier molecular flexibility index (Phi) is 4.56. The third-order valence-corrected chi connectivity index (χ3v) is 3.65. The number of halogens is 2. The van der Waals surface area contributed by atoms with E-state index in [2.05, 4.69) is 15.9 Å². The summed E-state index contributed by atoms with van der Waals surface area (Å²) in [4.78, 5) is 0. The summed E-state index contributed by atoms with van der Waals surface area (Å²) in [6, 6.07) is 12.1. The highest BCUT2D eigenvalue weighted by Crippen LogP contribution is 2.23. The van der Waals surface area contributed by atoms with E-state index >= 15 is 0 Å². The van der Waals surface area contributed by atoms with Crippen LogP contribution in [-0.4, -0.2) is 5.11 Å². The molecule has 2 aromatic rings. The van der Waals surface area contributed by atoms with Crippen LogP contribution in [0, 0.1) is 5.82 Å². The van der Waals surface area contributed by atoms with E-state index in [0.29, 0.717) is 10.2 Å². The van der Waals surface area contributed by atoms with Crippen molar-refractivity contribution in [1.82, 2.24) is 0 Å². The highest BCUT2D eigenvalue weighted by Gasteiger charge is 2.07. The van der Waals surface area contributed by atoms with Crippen LogP contribution in [-0.2, 0) is 6.61 Å². The molecule has 0 bridgehead atoms. The fourth-order valence-electron chi connectivity index (χ4n) is 1.69. The Morgan fingerprint density at radius 3 is 2.74 bits per heavy atom. The van der Waals surface area contributed by atoms with Gasteiger partial charge in [-0.15, -0.1) is 0 Å². The lowest BCUT2D eigenvalue weighted by Gasteiger charge is -2.10. The van der Waals surface area contributed by atoms with Gasteiger partial charge in [0.25, 0.3) is 0 Å². The molecule has 0 amide bonds. The summed E-state index contributed by atoms with van der Waals surface area (Å²) in [5.74, 6) is 0.341. The first-order chi connectivity index (χ1) is 9.08. The van der Waals surface area contributed by atoms with E-state index in [-0.39, 0.29) is 12.4 Å². The molecule has 0 aromatic heterocycles. The van der Waals surface area contributed by atoms with Crippen LogP contribution in [0.3, 0.4) is 0 Å². The van der Waals surface area contributed by atoms with Gasteiger partial charge < -0.3 is 9.84 Å². The average Bonchev–Trinajstić information content (AvgIpc) is 2.41. The van der Waals surface area contributed by atoms with Gasteiger partial charge >= 0.3 is 0 Å². The van der Waals surface area contributed by atoms with Crippen LogP contribution < -0.4 is 4.74 Å². The second kappa shape index (κ2) is 6.17. The lowest BCUT2D eigenvalue weighted by Crippen LogP contribution is -1.99. The minimum Gasteiger partial charge on any atom is -0.489 e. The summed E-state index contributed by atoms with van der Waals surface area (Å²) >= 11 is 3.20. The SMILES string of the molecule is C[C@@H](O)c1cccc(OCc2cccc(F)c2Br)c1. The molecule has 0 saturated carbocycles. The van der Waals surface area contributed by atoms with Crippen LogP contribution in [0.4, 0.5) is 4.39 Å². The van der Waals surface area contributed by atoms with Crippen molar-refractivity contribution in [2.75, 3.05) is 0 Å². The van der Waals surface area contributed by atoms with Crippen LogP contribution in [0.25, 0.3) is 0 Å². The first-order valence-corrected chi connectivity index (χ1v) is 6.71. The average molecular weight is 325 g/mol. The molecule has 0 unspecified atom stereocenters. The number of ether oxygens (including phenoxy) is 1. The van der Waals surface area contributed by atoms with Crippen LogP contribution >= 0.6 is 15.9 Å². The van der Waals surface area contributed by atoms with Gasteiger partial charge in [-0.2, -0.15) is 0 Å². The highest BCUT2D eigenvalue weighted by atomic mass is 79.9. The fourth-order valence-corrected chi connectivity index (χ4v) is 2.06. The second-order valence-electron chi connectivity index (χ2n) is 4.25. The van der Waals surface area contributed by atoms with E-state index in [1.165, 1.54) is 6.07 Å². The minimum atomic E-state index is -0.538. The number of aliphatic hydroxyl groups is 1. The third-order valence-electron chi connectivity index (χ3n) is 2.77. The molecule has 0 fully saturated rings. The van der Waals surface area contributed by atoms with Crippen molar-refractivity contribution in [2.24, 2.45) is 0 Å². The van der Waals surface area contributed by atoms with E-state index in [0.717, 1.165) is 11.1 Å². The lowest BCUT2D eigenvalue weighted by molar-refractivity contribution is 0.198. The Morgan fingerprint density at radius 1 is 1.26 bits per heavy atom. The molecule has 0 heterocycles. The smallest absolute Gasteiger partial charge is 0.137 e. The first-order valence-electron chi connectivity index (χ1n) is 5.91. The Labute approximate surface area is 120 Å². The summed E-state index contributed by atoms with van der Waals surface area (Å²) in [6.07, 6.45) is -0.538. The molecule has 0 aliphatic heterocycles. The van der Waals surface area contributed by atoms with E-state index in [9.17, 15) is 9.50 Å². The van der Waals surface area contributed by atoms with Gasteiger partial charge in [0.2, 0.25) is 0 Å². The van der Waals surface area contributed by atoms with E-state index in [1.807, 2.05) is 12.1 Å². The number of rotatable bonds is 4. The van der Waals surface area contributed by atoms with Crippen molar-refractivity contribution >= 4 is 15.9 Å². The van der Waals surface area contributed by atoms with Gasteiger partial charge in [0, 0.05) is 5.56 Å². The summed E-state index contributed by atoms with van der Waals surface area (Å²) in [5, 5.41) is 9.50. The van der Waals surface area contributed by atoms with Crippen LogP contribution in [0.15, 0.2) is 46.9 Å². The molecule has 2 nitrogen and oxygen atoms in total. The normalized spacial score (nSPS) is 12.2.